The van der Waals surface area contributed by atoms with E-state index >= 15 is 0 Å². The van der Waals surface area contributed by atoms with Crippen molar-refractivity contribution in [2.75, 3.05) is 5.32 Å². The van der Waals surface area contributed by atoms with Crippen LogP contribution < -0.4 is 5.32 Å². The molecule has 5 heteroatoms. The topological polar surface area (TPSA) is 62.6 Å². The lowest BCUT2D eigenvalue weighted by molar-refractivity contribution is 0.0829. The van der Waals surface area contributed by atoms with Crippen molar-refractivity contribution >= 4 is 17.6 Å². The van der Waals surface area contributed by atoms with Crippen molar-refractivity contribution < 1.29 is 14.0 Å². The van der Waals surface area contributed by atoms with Gasteiger partial charge in [-0.25, -0.2) is 4.79 Å². The van der Waals surface area contributed by atoms with E-state index < -0.39 is 6.03 Å². The predicted octanol–water partition coefficient (Wildman–Crippen LogP) is 2.47. The van der Waals surface area contributed by atoms with E-state index in [9.17, 15) is 9.59 Å². The zero-order chi connectivity index (χ0) is 12.5. The third-order valence-electron chi connectivity index (χ3n) is 2.79. The van der Waals surface area contributed by atoms with Crippen LogP contribution in [0.15, 0.2) is 47.1 Å². The number of benzene rings is 1. The Morgan fingerprint density at radius 1 is 1.22 bits per heavy atom. The summed E-state index contributed by atoms with van der Waals surface area (Å²) >= 11 is 0. The first-order valence-electron chi connectivity index (χ1n) is 5.50. The molecule has 0 unspecified atom stereocenters. The number of carbonyl (C=O) groups excluding carboxylic acids is 2. The number of nitrogens with zero attached hydrogens (tertiary/aromatic N) is 1. The maximum absolute atomic E-state index is 11.9. The largest absolute Gasteiger partial charge is 0.467 e. The molecule has 3 rings (SSSR count). The number of fused-ring (bicyclic) bond motifs is 1. The highest BCUT2D eigenvalue weighted by atomic mass is 16.3. The van der Waals surface area contributed by atoms with Crippen molar-refractivity contribution in [1.29, 1.82) is 0 Å². The first-order chi connectivity index (χ1) is 8.75. The minimum absolute atomic E-state index is 0.180. The molecule has 1 aromatic carbocycles. The van der Waals surface area contributed by atoms with Crippen LogP contribution in [-0.2, 0) is 6.54 Å². The number of amides is 3. The molecule has 5 nitrogen and oxygen atoms in total. The van der Waals surface area contributed by atoms with Gasteiger partial charge >= 0.3 is 6.03 Å². The van der Waals surface area contributed by atoms with Gasteiger partial charge in [0, 0.05) is 5.69 Å². The Hall–Kier alpha value is -2.56. The molecule has 0 fully saturated rings. The van der Waals surface area contributed by atoms with E-state index in [4.69, 9.17) is 4.42 Å². The highest BCUT2D eigenvalue weighted by Crippen LogP contribution is 2.24. The van der Waals surface area contributed by atoms with Gasteiger partial charge in [0.25, 0.3) is 5.91 Å². The summed E-state index contributed by atoms with van der Waals surface area (Å²) in [5, 5.41) is 2.66. The van der Waals surface area contributed by atoms with Crippen LogP contribution in [0.4, 0.5) is 10.5 Å². The lowest BCUT2D eigenvalue weighted by Crippen LogP contribution is -2.35. The number of furan rings is 1. The molecule has 1 aliphatic heterocycles. The Morgan fingerprint density at radius 3 is 2.72 bits per heavy atom. The lowest BCUT2D eigenvalue weighted by atomic mass is 10.3. The van der Waals surface area contributed by atoms with Gasteiger partial charge in [-0.3, -0.25) is 9.69 Å². The van der Waals surface area contributed by atoms with Crippen LogP contribution in [0.5, 0.6) is 0 Å². The van der Waals surface area contributed by atoms with Gasteiger partial charge in [0.05, 0.1) is 18.4 Å². The van der Waals surface area contributed by atoms with E-state index in [0.717, 1.165) is 4.90 Å². The predicted molar refractivity (Wildman–Crippen MR) is 64.0 cm³/mol. The zero-order valence-electron chi connectivity index (χ0n) is 9.42. The Balaban J connectivity index is 1.76. The molecule has 90 valence electrons. The van der Waals surface area contributed by atoms with Crippen molar-refractivity contribution in [2.24, 2.45) is 0 Å². The number of nitrogens with one attached hydrogen (secondary N) is 1. The number of imide groups is 1. The molecule has 0 saturated carbocycles. The van der Waals surface area contributed by atoms with Gasteiger partial charge in [0.2, 0.25) is 0 Å². The normalized spacial score (nSPS) is 13.6. The first kappa shape index (κ1) is 10.6. The van der Waals surface area contributed by atoms with Crippen molar-refractivity contribution in [3.63, 3.8) is 0 Å². The molecule has 0 radical (unpaired) electrons. The minimum atomic E-state index is -0.447. The number of rotatable bonds is 1. The molecule has 18 heavy (non-hydrogen) atoms. The van der Waals surface area contributed by atoms with Gasteiger partial charge in [0.15, 0.2) is 0 Å². The van der Waals surface area contributed by atoms with E-state index in [1.807, 2.05) is 18.2 Å². The van der Waals surface area contributed by atoms with Crippen LogP contribution >= 0.6 is 0 Å². The van der Waals surface area contributed by atoms with E-state index in [-0.39, 0.29) is 12.5 Å². The summed E-state index contributed by atoms with van der Waals surface area (Å²) in [6, 6.07) is 10.1. The molecule has 1 aliphatic rings. The highest BCUT2D eigenvalue weighted by molar-refractivity contribution is 6.10. The van der Waals surface area contributed by atoms with E-state index in [1.165, 1.54) is 6.26 Å². The van der Waals surface area contributed by atoms with E-state index in [1.54, 1.807) is 18.2 Å². The summed E-state index contributed by atoms with van der Waals surface area (Å²) in [5.41, 5.74) is 1.11. The number of carbonyl (C=O) groups is 2. The maximum atomic E-state index is 11.9. The molecule has 0 bridgehead atoms. The van der Waals surface area contributed by atoms with Crippen LogP contribution in [0.3, 0.4) is 0 Å². The van der Waals surface area contributed by atoms with Crippen molar-refractivity contribution in [3.05, 3.63) is 54.0 Å². The lowest BCUT2D eigenvalue weighted by Gasteiger charge is -2.14. The summed E-state index contributed by atoms with van der Waals surface area (Å²) in [6.45, 7) is 0.180. The van der Waals surface area contributed by atoms with Crippen LogP contribution in [0.25, 0.3) is 0 Å². The second-order valence-corrected chi connectivity index (χ2v) is 3.94. The molecular weight excluding hydrogens is 232 g/mol. The summed E-state index contributed by atoms with van der Waals surface area (Å²) in [5.74, 6) is 0.204. The van der Waals surface area contributed by atoms with Crippen LogP contribution in [0.2, 0.25) is 0 Å². The molecule has 0 atom stereocenters. The fraction of sp³-hybridized carbons (Fsp3) is 0.0769. The second kappa shape index (κ2) is 4.03. The van der Waals surface area contributed by atoms with Gasteiger partial charge < -0.3 is 9.73 Å². The number of hydrogen-bond acceptors (Lipinski definition) is 3. The molecule has 3 amide bonds. The smallest absolute Gasteiger partial charge is 0.329 e. The van der Waals surface area contributed by atoms with Crippen LogP contribution in [0.1, 0.15) is 16.1 Å². The number of para-hydroxylation sites is 1. The molecule has 0 spiro atoms. The molecule has 1 aromatic heterocycles. The Labute approximate surface area is 103 Å². The van der Waals surface area contributed by atoms with E-state index in [0.29, 0.717) is 17.0 Å². The van der Waals surface area contributed by atoms with E-state index in [2.05, 4.69) is 5.32 Å². The fourth-order valence-electron chi connectivity index (χ4n) is 1.89. The Morgan fingerprint density at radius 2 is 2.00 bits per heavy atom. The standard InChI is InChI=1S/C13H10N2O3/c16-12-10-6-7-18-11(10)8-15(12)13(17)14-9-4-2-1-3-5-9/h1-7H,8H2,(H,14,17). The summed E-state index contributed by atoms with van der Waals surface area (Å²) < 4.78 is 5.13. The van der Waals surface area contributed by atoms with Crippen molar-refractivity contribution in [3.8, 4) is 0 Å². The summed E-state index contributed by atoms with van der Waals surface area (Å²) in [7, 11) is 0. The molecule has 0 saturated heterocycles. The molecule has 2 aromatic rings. The van der Waals surface area contributed by atoms with Crippen molar-refractivity contribution in [2.45, 2.75) is 6.54 Å². The van der Waals surface area contributed by atoms with Crippen molar-refractivity contribution in [1.82, 2.24) is 4.90 Å². The third-order valence-corrected chi connectivity index (χ3v) is 2.79. The Bertz CT molecular complexity index is 604. The second-order valence-electron chi connectivity index (χ2n) is 3.94. The Kier molecular flexibility index (Phi) is 2.37. The quantitative estimate of drug-likeness (QED) is 0.835. The van der Waals surface area contributed by atoms with Crippen LogP contribution in [0, 0.1) is 0 Å². The fourth-order valence-corrected chi connectivity index (χ4v) is 1.89. The number of hydrogen-bond donors (Lipinski definition) is 1. The van der Waals surface area contributed by atoms with Gasteiger partial charge in [-0.2, -0.15) is 0 Å². The summed E-state index contributed by atoms with van der Waals surface area (Å²) in [6.07, 6.45) is 1.45. The molecule has 2 heterocycles. The molecule has 0 aliphatic carbocycles. The number of urea groups is 1. The molecule has 1 N–H and O–H groups in total. The van der Waals surface area contributed by atoms with Gasteiger partial charge in [-0.15, -0.1) is 0 Å². The maximum Gasteiger partial charge on any atom is 0.329 e. The first-order valence-corrected chi connectivity index (χ1v) is 5.50. The average Bonchev–Trinajstić information content (AvgIpc) is 2.94. The molecular formula is C13H10N2O3. The zero-order valence-corrected chi connectivity index (χ0v) is 9.42. The van der Waals surface area contributed by atoms with Gasteiger partial charge in [-0.1, -0.05) is 18.2 Å². The monoisotopic (exact) mass is 242 g/mol. The van der Waals surface area contributed by atoms with Gasteiger partial charge in [0.1, 0.15) is 5.76 Å². The highest BCUT2D eigenvalue weighted by Gasteiger charge is 2.34. The van der Waals surface area contributed by atoms with Crippen LogP contribution in [-0.4, -0.2) is 16.8 Å². The van der Waals surface area contributed by atoms with Gasteiger partial charge in [-0.05, 0) is 18.2 Å². The average molecular weight is 242 g/mol. The SMILES string of the molecule is O=C(Nc1ccccc1)N1Cc2occc2C1=O. The minimum Gasteiger partial charge on any atom is -0.467 e. The summed E-state index contributed by atoms with van der Waals surface area (Å²) in [4.78, 5) is 25.0. The third kappa shape index (κ3) is 1.66. The number of anilines is 1.